The second-order valence-corrected chi connectivity index (χ2v) is 9.15. The molecule has 0 radical (unpaired) electrons. The summed E-state index contributed by atoms with van der Waals surface area (Å²) < 4.78 is 27.0. The van der Waals surface area contributed by atoms with Crippen LogP contribution in [-0.4, -0.2) is 35.0 Å². The summed E-state index contributed by atoms with van der Waals surface area (Å²) in [5.74, 6) is -0.0939. The minimum absolute atomic E-state index is 0.0327. The third-order valence-corrected chi connectivity index (χ3v) is 7.08. The summed E-state index contributed by atoms with van der Waals surface area (Å²) in [5.41, 5.74) is 3.25. The smallest absolute Gasteiger partial charge is 0.369 e. The Morgan fingerprint density at radius 1 is 1.16 bits per heavy atom. The van der Waals surface area contributed by atoms with Gasteiger partial charge >= 0.3 is 6.61 Å². The van der Waals surface area contributed by atoms with Crippen LogP contribution in [0.3, 0.4) is 0 Å². The standard InChI is InChI=1S/C27H26F2N6O2/c1-16-6-4-5-7-20(16)23(33-37-27(28)29)17-8-11-19(12-9-17)34(2)25-21(15-31)26(36)35(3)22-13-10-18(14-30)32-24(22)25/h4-7,10,13,17,19,27H,8-9,11-12H2,1-3H3/b33-23-. The first-order valence-corrected chi connectivity index (χ1v) is 11.9. The van der Waals surface area contributed by atoms with E-state index >= 15 is 0 Å². The normalized spacial score (nSPS) is 17.9. The SMILES string of the molecule is Cc1ccccc1/C(=N\OC(F)F)C1CCC(N(C)c2c(C#N)c(=O)n(C)c3ccc(C#N)nc23)CC1. The molecule has 0 amide bonds. The van der Waals surface area contributed by atoms with Crippen molar-refractivity contribution in [2.45, 2.75) is 45.3 Å². The van der Waals surface area contributed by atoms with Crippen molar-refractivity contribution in [3.05, 3.63) is 69.1 Å². The molecule has 190 valence electrons. The van der Waals surface area contributed by atoms with Gasteiger partial charge in [0.25, 0.3) is 5.56 Å². The number of nitriles is 2. The lowest BCUT2D eigenvalue weighted by Crippen LogP contribution is -2.39. The Morgan fingerprint density at radius 3 is 2.49 bits per heavy atom. The van der Waals surface area contributed by atoms with E-state index in [9.17, 15) is 24.1 Å². The Hall–Kier alpha value is -4.31. The molecule has 8 nitrogen and oxygen atoms in total. The molecule has 0 saturated heterocycles. The Labute approximate surface area is 213 Å². The number of pyridine rings is 2. The molecule has 3 aromatic rings. The van der Waals surface area contributed by atoms with Crippen molar-refractivity contribution in [3.8, 4) is 12.1 Å². The van der Waals surface area contributed by atoms with E-state index in [4.69, 9.17) is 0 Å². The lowest BCUT2D eigenvalue weighted by molar-refractivity contribution is -0.128. The zero-order valence-electron chi connectivity index (χ0n) is 20.8. The molecule has 1 aliphatic rings. The number of nitrogens with zero attached hydrogens (tertiary/aromatic N) is 6. The fraction of sp³-hybridized carbons (Fsp3) is 0.370. The molecule has 1 aromatic carbocycles. The Morgan fingerprint density at radius 2 is 1.86 bits per heavy atom. The molecule has 4 rings (SSSR count). The van der Waals surface area contributed by atoms with E-state index in [0.29, 0.717) is 48.1 Å². The van der Waals surface area contributed by atoms with Gasteiger partial charge in [-0.2, -0.15) is 19.3 Å². The van der Waals surface area contributed by atoms with Crippen molar-refractivity contribution in [1.29, 1.82) is 10.5 Å². The number of anilines is 1. The highest BCUT2D eigenvalue weighted by atomic mass is 19.3. The van der Waals surface area contributed by atoms with Crippen LogP contribution in [0, 0.1) is 35.5 Å². The number of halogens is 2. The number of fused-ring (bicyclic) bond motifs is 1. The second kappa shape index (κ2) is 10.8. The van der Waals surface area contributed by atoms with Crippen LogP contribution in [-0.2, 0) is 11.9 Å². The van der Waals surface area contributed by atoms with Gasteiger partial charge in [0.1, 0.15) is 28.9 Å². The first kappa shape index (κ1) is 25.8. The molecule has 37 heavy (non-hydrogen) atoms. The number of oxime groups is 1. The van der Waals surface area contributed by atoms with Crippen LogP contribution >= 0.6 is 0 Å². The number of hydrogen-bond donors (Lipinski definition) is 0. The molecule has 2 heterocycles. The molecule has 0 aliphatic heterocycles. The molecule has 0 atom stereocenters. The highest BCUT2D eigenvalue weighted by molar-refractivity contribution is 6.03. The summed E-state index contributed by atoms with van der Waals surface area (Å²) in [6.45, 7) is -1.11. The average Bonchev–Trinajstić information content (AvgIpc) is 2.91. The summed E-state index contributed by atoms with van der Waals surface area (Å²) in [4.78, 5) is 23.7. The van der Waals surface area contributed by atoms with E-state index in [1.54, 1.807) is 13.1 Å². The number of alkyl halides is 2. The van der Waals surface area contributed by atoms with E-state index in [2.05, 4.69) is 15.0 Å². The van der Waals surface area contributed by atoms with Crippen LogP contribution in [0.4, 0.5) is 14.5 Å². The predicted octanol–water partition coefficient (Wildman–Crippen LogP) is 4.62. The van der Waals surface area contributed by atoms with E-state index in [0.717, 1.165) is 11.1 Å². The fourth-order valence-electron chi connectivity index (χ4n) is 5.12. The Kier molecular flexibility index (Phi) is 7.49. The molecule has 2 aromatic heterocycles. The zero-order valence-corrected chi connectivity index (χ0v) is 20.8. The predicted molar refractivity (Wildman–Crippen MR) is 135 cm³/mol. The molecule has 1 fully saturated rings. The first-order valence-electron chi connectivity index (χ1n) is 11.9. The van der Waals surface area contributed by atoms with Crippen molar-refractivity contribution < 1.29 is 13.6 Å². The minimum Gasteiger partial charge on any atom is -0.369 e. The van der Waals surface area contributed by atoms with Gasteiger partial charge in [0.2, 0.25) is 0 Å². The van der Waals surface area contributed by atoms with Gasteiger partial charge in [0.05, 0.1) is 16.9 Å². The number of hydrogen-bond acceptors (Lipinski definition) is 7. The van der Waals surface area contributed by atoms with Gasteiger partial charge in [0.15, 0.2) is 0 Å². The van der Waals surface area contributed by atoms with Gasteiger partial charge in [-0.15, -0.1) is 0 Å². The number of benzene rings is 1. The van der Waals surface area contributed by atoms with E-state index in [-0.39, 0.29) is 23.2 Å². The van der Waals surface area contributed by atoms with Crippen LogP contribution in [0.1, 0.15) is 48.1 Å². The molecule has 0 spiro atoms. The maximum absolute atomic E-state index is 13.0. The summed E-state index contributed by atoms with van der Waals surface area (Å²) in [5, 5.41) is 23.1. The lowest BCUT2D eigenvalue weighted by atomic mass is 9.80. The van der Waals surface area contributed by atoms with Gasteiger partial charge in [-0.25, -0.2) is 4.98 Å². The van der Waals surface area contributed by atoms with Crippen molar-refractivity contribution in [1.82, 2.24) is 9.55 Å². The molecular formula is C27H26F2N6O2. The van der Waals surface area contributed by atoms with Gasteiger partial charge in [-0.1, -0.05) is 29.4 Å². The quantitative estimate of drug-likeness (QED) is 0.358. The van der Waals surface area contributed by atoms with E-state index < -0.39 is 12.2 Å². The van der Waals surface area contributed by atoms with Crippen LogP contribution in [0.25, 0.3) is 11.0 Å². The van der Waals surface area contributed by atoms with Gasteiger partial charge < -0.3 is 14.3 Å². The number of aryl methyl sites for hydroxylation is 2. The highest BCUT2D eigenvalue weighted by Crippen LogP contribution is 2.35. The van der Waals surface area contributed by atoms with Crippen LogP contribution in [0.2, 0.25) is 0 Å². The maximum Gasteiger partial charge on any atom is 0.407 e. The Balaban J connectivity index is 1.67. The molecular weight excluding hydrogens is 478 g/mol. The van der Waals surface area contributed by atoms with Crippen molar-refractivity contribution in [2.24, 2.45) is 18.1 Å². The van der Waals surface area contributed by atoms with Gasteiger partial charge in [-0.05, 0) is 50.3 Å². The lowest BCUT2D eigenvalue weighted by Gasteiger charge is -2.37. The van der Waals surface area contributed by atoms with Crippen LogP contribution in [0.5, 0.6) is 0 Å². The van der Waals surface area contributed by atoms with Crippen LogP contribution < -0.4 is 10.5 Å². The molecule has 1 saturated carbocycles. The molecule has 10 heteroatoms. The largest absolute Gasteiger partial charge is 0.407 e. The first-order chi connectivity index (χ1) is 17.8. The molecule has 0 bridgehead atoms. The molecule has 0 unspecified atom stereocenters. The Bertz CT molecular complexity index is 1490. The van der Waals surface area contributed by atoms with Gasteiger partial charge in [-0.3, -0.25) is 4.79 Å². The summed E-state index contributed by atoms with van der Waals surface area (Å²) in [7, 11) is 3.39. The molecule has 1 aliphatic carbocycles. The summed E-state index contributed by atoms with van der Waals surface area (Å²) >= 11 is 0. The average molecular weight is 505 g/mol. The number of aromatic nitrogens is 2. The van der Waals surface area contributed by atoms with E-state index in [1.807, 2.05) is 55.3 Å². The summed E-state index contributed by atoms with van der Waals surface area (Å²) in [6, 6.07) is 14.7. The topological polar surface area (TPSA) is 107 Å². The third-order valence-electron chi connectivity index (χ3n) is 7.08. The fourth-order valence-corrected chi connectivity index (χ4v) is 5.12. The molecule has 0 N–H and O–H groups in total. The van der Waals surface area contributed by atoms with Crippen LogP contribution in [0.15, 0.2) is 46.3 Å². The van der Waals surface area contributed by atoms with Gasteiger partial charge in [0, 0.05) is 31.6 Å². The maximum atomic E-state index is 13.0. The summed E-state index contributed by atoms with van der Waals surface area (Å²) in [6.07, 6.45) is 2.63. The van der Waals surface area contributed by atoms with Crippen molar-refractivity contribution in [3.63, 3.8) is 0 Å². The highest BCUT2D eigenvalue weighted by Gasteiger charge is 2.31. The van der Waals surface area contributed by atoms with Crippen molar-refractivity contribution in [2.75, 3.05) is 11.9 Å². The minimum atomic E-state index is -3.01. The monoisotopic (exact) mass is 504 g/mol. The zero-order chi connectivity index (χ0) is 26.7. The number of rotatable bonds is 6. The van der Waals surface area contributed by atoms with E-state index in [1.165, 1.54) is 10.6 Å². The van der Waals surface area contributed by atoms with Crippen molar-refractivity contribution >= 4 is 22.4 Å². The third kappa shape index (κ3) is 5.01. The second-order valence-electron chi connectivity index (χ2n) is 9.15.